The van der Waals surface area contributed by atoms with E-state index in [1.165, 1.54) is 22.3 Å². The van der Waals surface area contributed by atoms with Gasteiger partial charge in [-0.2, -0.15) is 0 Å². The Labute approximate surface area is 116 Å². The van der Waals surface area contributed by atoms with Gasteiger partial charge in [0.05, 0.1) is 0 Å². The predicted octanol–water partition coefficient (Wildman–Crippen LogP) is 5.26. The lowest BCUT2D eigenvalue weighted by atomic mass is 9.94. The highest BCUT2D eigenvalue weighted by Crippen LogP contribution is 2.21. The van der Waals surface area contributed by atoms with Gasteiger partial charge in [0.25, 0.3) is 0 Å². The molecule has 0 aliphatic rings. The van der Waals surface area contributed by atoms with E-state index >= 15 is 0 Å². The van der Waals surface area contributed by atoms with Crippen LogP contribution in [0, 0.1) is 0 Å². The standard InChI is InChI=1S/C19H22/c1-3-5-14-19-17(4-2)12-9-13-18(19)15-16-10-7-6-8-11-16/h5-14H,3-4,15H2,1-2H3/b14-5-. The maximum atomic E-state index is 2.29. The Morgan fingerprint density at radius 2 is 1.58 bits per heavy atom. The van der Waals surface area contributed by atoms with Gasteiger partial charge in [-0.1, -0.05) is 74.5 Å². The molecular weight excluding hydrogens is 228 g/mol. The summed E-state index contributed by atoms with van der Waals surface area (Å²) in [6.07, 6.45) is 7.73. The third-order valence-corrected chi connectivity index (χ3v) is 3.43. The molecule has 0 saturated carbocycles. The van der Waals surface area contributed by atoms with Crippen molar-refractivity contribution in [3.8, 4) is 0 Å². The van der Waals surface area contributed by atoms with Crippen LogP contribution in [0.1, 0.15) is 42.5 Å². The molecule has 2 rings (SSSR count). The monoisotopic (exact) mass is 250 g/mol. The third-order valence-electron chi connectivity index (χ3n) is 3.43. The Bertz CT molecular complexity index is 535. The minimum Gasteiger partial charge on any atom is -0.0842 e. The van der Waals surface area contributed by atoms with Crippen LogP contribution in [0.5, 0.6) is 0 Å². The zero-order valence-electron chi connectivity index (χ0n) is 11.9. The van der Waals surface area contributed by atoms with E-state index < -0.39 is 0 Å². The molecule has 0 heteroatoms. The van der Waals surface area contributed by atoms with E-state index in [4.69, 9.17) is 0 Å². The molecule has 2 aromatic carbocycles. The number of rotatable bonds is 5. The van der Waals surface area contributed by atoms with Gasteiger partial charge in [0.15, 0.2) is 0 Å². The van der Waals surface area contributed by atoms with Gasteiger partial charge in [-0.25, -0.2) is 0 Å². The van der Waals surface area contributed by atoms with Crippen LogP contribution in [0.2, 0.25) is 0 Å². The summed E-state index contributed by atoms with van der Waals surface area (Å²) in [4.78, 5) is 0. The van der Waals surface area contributed by atoms with Crippen LogP contribution in [0.25, 0.3) is 6.08 Å². The summed E-state index contributed by atoms with van der Waals surface area (Å²) in [5.41, 5.74) is 5.66. The van der Waals surface area contributed by atoms with Gasteiger partial charge in [0, 0.05) is 0 Å². The summed E-state index contributed by atoms with van der Waals surface area (Å²) in [5, 5.41) is 0. The number of hydrogen-bond donors (Lipinski definition) is 0. The van der Waals surface area contributed by atoms with Crippen molar-refractivity contribution in [3.63, 3.8) is 0 Å². The molecule has 0 heterocycles. The Kier molecular flexibility index (Phi) is 4.97. The lowest BCUT2D eigenvalue weighted by Gasteiger charge is -2.11. The molecule has 0 saturated heterocycles. The molecule has 0 aliphatic heterocycles. The number of benzene rings is 2. The third kappa shape index (κ3) is 3.57. The van der Waals surface area contributed by atoms with Gasteiger partial charge < -0.3 is 0 Å². The van der Waals surface area contributed by atoms with Crippen molar-refractivity contribution in [3.05, 3.63) is 76.9 Å². The second-order valence-electron chi connectivity index (χ2n) is 4.82. The molecule has 0 radical (unpaired) electrons. The van der Waals surface area contributed by atoms with E-state index in [0.717, 1.165) is 19.3 Å². The molecule has 98 valence electrons. The van der Waals surface area contributed by atoms with E-state index in [1.807, 2.05) is 0 Å². The summed E-state index contributed by atoms with van der Waals surface area (Å²) in [7, 11) is 0. The SMILES string of the molecule is CC/C=C\c1c(CC)cccc1Cc1ccccc1. The van der Waals surface area contributed by atoms with Gasteiger partial charge in [-0.15, -0.1) is 0 Å². The van der Waals surface area contributed by atoms with E-state index in [1.54, 1.807) is 0 Å². The molecule has 0 unspecified atom stereocenters. The molecule has 0 nitrogen and oxygen atoms in total. The average molecular weight is 250 g/mol. The first kappa shape index (κ1) is 13.6. The van der Waals surface area contributed by atoms with Crippen LogP contribution >= 0.6 is 0 Å². The Morgan fingerprint density at radius 3 is 2.26 bits per heavy atom. The first-order valence-corrected chi connectivity index (χ1v) is 7.16. The summed E-state index contributed by atoms with van der Waals surface area (Å²) in [6, 6.07) is 17.4. The fraction of sp³-hybridized carbons (Fsp3) is 0.263. The van der Waals surface area contributed by atoms with Crippen molar-refractivity contribution in [2.24, 2.45) is 0 Å². The second kappa shape index (κ2) is 6.94. The molecule has 0 amide bonds. The highest BCUT2D eigenvalue weighted by molar-refractivity contribution is 5.59. The van der Waals surface area contributed by atoms with E-state index in [0.29, 0.717) is 0 Å². The lowest BCUT2D eigenvalue weighted by Crippen LogP contribution is -1.96. The highest BCUT2D eigenvalue weighted by atomic mass is 14.1. The summed E-state index contributed by atoms with van der Waals surface area (Å²) >= 11 is 0. The van der Waals surface area contributed by atoms with Crippen molar-refractivity contribution in [2.75, 3.05) is 0 Å². The topological polar surface area (TPSA) is 0 Å². The van der Waals surface area contributed by atoms with Gasteiger partial charge >= 0.3 is 0 Å². The van der Waals surface area contributed by atoms with Crippen molar-refractivity contribution in [1.29, 1.82) is 0 Å². The van der Waals surface area contributed by atoms with Crippen LogP contribution in [0.4, 0.5) is 0 Å². The molecular formula is C19H22. The van der Waals surface area contributed by atoms with Crippen LogP contribution in [-0.2, 0) is 12.8 Å². The molecule has 0 N–H and O–H groups in total. The molecule has 0 aromatic heterocycles. The first-order valence-electron chi connectivity index (χ1n) is 7.16. The summed E-state index contributed by atoms with van der Waals surface area (Å²) in [5.74, 6) is 0. The van der Waals surface area contributed by atoms with E-state index in [2.05, 4.69) is 74.5 Å². The molecule has 19 heavy (non-hydrogen) atoms. The number of hydrogen-bond acceptors (Lipinski definition) is 0. The molecule has 0 bridgehead atoms. The fourth-order valence-corrected chi connectivity index (χ4v) is 2.39. The first-order chi connectivity index (χ1) is 9.35. The van der Waals surface area contributed by atoms with E-state index in [9.17, 15) is 0 Å². The summed E-state index contributed by atoms with van der Waals surface area (Å²) in [6.45, 7) is 4.41. The van der Waals surface area contributed by atoms with Crippen molar-refractivity contribution < 1.29 is 0 Å². The minimum absolute atomic E-state index is 1.01. The van der Waals surface area contributed by atoms with E-state index in [-0.39, 0.29) is 0 Å². The Hall–Kier alpha value is -1.82. The quantitative estimate of drug-likeness (QED) is 0.678. The van der Waals surface area contributed by atoms with Gasteiger partial charge in [-0.3, -0.25) is 0 Å². The van der Waals surface area contributed by atoms with Crippen molar-refractivity contribution >= 4 is 6.08 Å². The second-order valence-corrected chi connectivity index (χ2v) is 4.82. The zero-order chi connectivity index (χ0) is 13.5. The maximum Gasteiger partial charge on any atom is -0.00197 e. The van der Waals surface area contributed by atoms with Crippen molar-refractivity contribution in [1.82, 2.24) is 0 Å². The zero-order valence-corrected chi connectivity index (χ0v) is 11.9. The highest BCUT2D eigenvalue weighted by Gasteiger charge is 2.05. The molecule has 0 spiro atoms. The van der Waals surface area contributed by atoms with Crippen LogP contribution < -0.4 is 0 Å². The van der Waals surface area contributed by atoms with Crippen LogP contribution in [-0.4, -0.2) is 0 Å². The summed E-state index contributed by atoms with van der Waals surface area (Å²) < 4.78 is 0. The molecule has 0 aliphatic carbocycles. The molecule has 2 aromatic rings. The predicted molar refractivity (Wildman–Crippen MR) is 84.4 cm³/mol. The normalized spacial score (nSPS) is 11.1. The fourth-order valence-electron chi connectivity index (χ4n) is 2.39. The molecule has 0 atom stereocenters. The molecule has 0 fully saturated rings. The van der Waals surface area contributed by atoms with Gasteiger partial charge in [0.1, 0.15) is 0 Å². The van der Waals surface area contributed by atoms with Gasteiger partial charge in [-0.05, 0) is 41.5 Å². The number of aryl methyl sites for hydroxylation is 1. The number of allylic oxidation sites excluding steroid dienone is 1. The smallest absolute Gasteiger partial charge is 0.00197 e. The van der Waals surface area contributed by atoms with Gasteiger partial charge in [0.2, 0.25) is 0 Å². The Balaban J connectivity index is 2.36. The average Bonchev–Trinajstić information content (AvgIpc) is 2.46. The maximum absolute atomic E-state index is 2.29. The van der Waals surface area contributed by atoms with Crippen LogP contribution in [0.15, 0.2) is 54.6 Å². The van der Waals surface area contributed by atoms with Crippen molar-refractivity contribution in [2.45, 2.75) is 33.1 Å². The minimum atomic E-state index is 1.01. The van der Waals surface area contributed by atoms with Crippen LogP contribution in [0.3, 0.4) is 0 Å². The largest absolute Gasteiger partial charge is 0.0842 e. The lowest BCUT2D eigenvalue weighted by molar-refractivity contribution is 1.09. The Morgan fingerprint density at radius 1 is 0.842 bits per heavy atom.